The summed E-state index contributed by atoms with van der Waals surface area (Å²) in [5.74, 6) is -0.00974. The van der Waals surface area contributed by atoms with Gasteiger partial charge in [-0.3, -0.25) is 0 Å². The second-order valence-corrected chi connectivity index (χ2v) is 4.56. The molecule has 0 bridgehead atoms. The van der Waals surface area contributed by atoms with E-state index in [4.69, 9.17) is 0 Å². The van der Waals surface area contributed by atoms with Crippen LogP contribution in [0.3, 0.4) is 0 Å². The number of halogens is 2. The molecule has 17 heavy (non-hydrogen) atoms. The molecular formula is C13H18F2N2. The van der Waals surface area contributed by atoms with Crippen molar-refractivity contribution in [2.24, 2.45) is 5.92 Å². The zero-order chi connectivity index (χ0) is 12.1. The Kier molecular flexibility index (Phi) is 4.45. The molecule has 1 aliphatic rings. The van der Waals surface area contributed by atoms with Gasteiger partial charge in [-0.15, -0.1) is 0 Å². The van der Waals surface area contributed by atoms with E-state index in [9.17, 15) is 8.78 Å². The van der Waals surface area contributed by atoms with Gasteiger partial charge in [0, 0.05) is 12.1 Å². The summed E-state index contributed by atoms with van der Waals surface area (Å²) >= 11 is 0. The van der Waals surface area contributed by atoms with Crippen LogP contribution < -0.4 is 10.6 Å². The molecule has 1 saturated heterocycles. The van der Waals surface area contributed by atoms with E-state index in [0.29, 0.717) is 12.1 Å². The van der Waals surface area contributed by atoms with Gasteiger partial charge in [-0.2, -0.15) is 0 Å². The molecule has 2 N–H and O–H groups in total. The summed E-state index contributed by atoms with van der Waals surface area (Å²) in [6, 6.07) is 3.57. The lowest BCUT2D eigenvalue weighted by Gasteiger charge is -2.09. The van der Waals surface area contributed by atoms with Gasteiger partial charge in [-0.25, -0.2) is 8.78 Å². The largest absolute Gasteiger partial charge is 0.316 e. The minimum atomic E-state index is -0.386. The third kappa shape index (κ3) is 3.75. The summed E-state index contributed by atoms with van der Waals surface area (Å²) in [4.78, 5) is 0. The first kappa shape index (κ1) is 12.5. The highest BCUT2D eigenvalue weighted by molar-refractivity contribution is 5.18. The molecule has 1 heterocycles. The first-order valence-electron chi connectivity index (χ1n) is 6.11. The molecule has 1 atom stereocenters. The van der Waals surface area contributed by atoms with E-state index in [1.807, 2.05) is 0 Å². The molecule has 1 aromatic carbocycles. The van der Waals surface area contributed by atoms with E-state index >= 15 is 0 Å². The highest BCUT2D eigenvalue weighted by Crippen LogP contribution is 2.12. The summed E-state index contributed by atoms with van der Waals surface area (Å²) in [5.41, 5.74) is 0.398. The van der Waals surface area contributed by atoms with Gasteiger partial charge in [0.25, 0.3) is 0 Å². The van der Waals surface area contributed by atoms with E-state index in [-0.39, 0.29) is 11.6 Å². The number of hydrogen-bond acceptors (Lipinski definition) is 2. The highest BCUT2D eigenvalue weighted by atomic mass is 19.1. The molecule has 0 saturated carbocycles. The highest BCUT2D eigenvalue weighted by Gasteiger charge is 2.13. The molecule has 94 valence electrons. The van der Waals surface area contributed by atoms with Gasteiger partial charge in [-0.1, -0.05) is 0 Å². The first-order valence-corrected chi connectivity index (χ1v) is 6.11. The number of rotatable bonds is 5. The lowest BCUT2D eigenvalue weighted by Crippen LogP contribution is -2.19. The van der Waals surface area contributed by atoms with E-state index < -0.39 is 0 Å². The van der Waals surface area contributed by atoms with Crippen LogP contribution in [0.1, 0.15) is 18.4 Å². The summed E-state index contributed by atoms with van der Waals surface area (Å²) in [6.45, 7) is 3.42. The van der Waals surface area contributed by atoms with Gasteiger partial charge < -0.3 is 10.6 Å². The Bertz CT molecular complexity index is 362. The van der Waals surface area contributed by atoms with Crippen LogP contribution in [0.4, 0.5) is 8.78 Å². The summed E-state index contributed by atoms with van der Waals surface area (Å²) in [6.07, 6.45) is 2.31. The number of benzene rings is 1. The number of hydrogen-bond donors (Lipinski definition) is 2. The molecule has 1 aromatic rings. The zero-order valence-electron chi connectivity index (χ0n) is 9.81. The average Bonchev–Trinajstić information content (AvgIpc) is 2.82. The van der Waals surface area contributed by atoms with Gasteiger partial charge >= 0.3 is 0 Å². The van der Waals surface area contributed by atoms with Crippen molar-refractivity contribution in [3.8, 4) is 0 Å². The van der Waals surface area contributed by atoms with Crippen LogP contribution in [-0.2, 0) is 6.54 Å². The summed E-state index contributed by atoms with van der Waals surface area (Å²) in [5, 5.41) is 6.47. The van der Waals surface area contributed by atoms with Crippen LogP contribution in [0.25, 0.3) is 0 Å². The lowest BCUT2D eigenvalue weighted by atomic mass is 10.1. The fraction of sp³-hybridized carbons (Fsp3) is 0.538. The standard InChI is InChI=1S/C13H18F2N2/c14-12-1-2-13(15)11(7-12)9-17-6-4-10-3-5-16-8-10/h1-2,7,10,16-17H,3-6,8-9H2. The van der Waals surface area contributed by atoms with Gasteiger partial charge in [-0.05, 0) is 56.6 Å². The molecule has 1 unspecified atom stereocenters. The number of nitrogens with one attached hydrogen (secondary N) is 2. The van der Waals surface area contributed by atoms with Crippen LogP contribution in [0.15, 0.2) is 18.2 Å². The van der Waals surface area contributed by atoms with Crippen molar-refractivity contribution in [2.45, 2.75) is 19.4 Å². The molecule has 1 aliphatic heterocycles. The average molecular weight is 240 g/mol. The summed E-state index contributed by atoms with van der Waals surface area (Å²) < 4.78 is 26.2. The van der Waals surface area contributed by atoms with Crippen molar-refractivity contribution >= 4 is 0 Å². The van der Waals surface area contributed by atoms with Gasteiger partial charge in [0.05, 0.1) is 0 Å². The first-order chi connectivity index (χ1) is 8.25. The van der Waals surface area contributed by atoms with Crippen molar-refractivity contribution in [3.05, 3.63) is 35.4 Å². The van der Waals surface area contributed by atoms with E-state index in [1.165, 1.54) is 18.6 Å². The van der Waals surface area contributed by atoms with Gasteiger partial charge in [0.2, 0.25) is 0 Å². The van der Waals surface area contributed by atoms with Crippen molar-refractivity contribution < 1.29 is 8.78 Å². The van der Waals surface area contributed by atoms with Crippen molar-refractivity contribution in [3.63, 3.8) is 0 Å². The molecular weight excluding hydrogens is 222 g/mol. The SMILES string of the molecule is Fc1ccc(F)c(CNCCC2CCNC2)c1. The smallest absolute Gasteiger partial charge is 0.127 e. The summed E-state index contributed by atoms with van der Waals surface area (Å²) in [7, 11) is 0. The fourth-order valence-electron chi connectivity index (χ4n) is 2.17. The molecule has 2 nitrogen and oxygen atoms in total. The van der Waals surface area contributed by atoms with Crippen LogP contribution in [-0.4, -0.2) is 19.6 Å². The Balaban J connectivity index is 1.72. The van der Waals surface area contributed by atoms with Crippen LogP contribution in [0.2, 0.25) is 0 Å². The lowest BCUT2D eigenvalue weighted by molar-refractivity contribution is 0.494. The quantitative estimate of drug-likeness (QED) is 0.770. The molecule has 0 amide bonds. The van der Waals surface area contributed by atoms with Crippen molar-refractivity contribution in [1.29, 1.82) is 0 Å². The Morgan fingerprint density at radius 3 is 3.00 bits per heavy atom. The normalized spacial score (nSPS) is 19.8. The maximum Gasteiger partial charge on any atom is 0.127 e. The third-order valence-electron chi connectivity index (χ3n) is 3.21. The minimum absolute atomic E-state index is 0.346. The van der Waals surface area contributed by atoms with Crippen molar-refractivity contribution in [1.82, 2.24) is 10.6 Å². The predicted molar refractivity (Wildman–Crippen MR) is 63.7 cm³/mol. The maximum atomic E-state index is 13.3. The predicted octanol–water partition coefficient (Wildman–Crippen LogP) is 2.05. The van der Waals surface area contributed by atoms with Crippen molar-refractivity contribution in [2.75, 3.05) is 19.6 Å². The Morgan fingerprint density at radius 2 is 2.24 bits per heavy atom. The van der Waals surface area contributed by atoms with Gasteiger partial charge in [0.15, 0.2) is 0 Å². The molecule has 4 heteroatoms. The fourth-order valence-corrected chi connectivity index (χ4v) is 2.17. The second kappa shape index (κ2) is 6.07. The van der Waals surface area contributed by atoms with Gasteiger partial charge in [0.1, 0.15) is 11.6 Å². The van der Waals surface area contributed by atoms with Crippen LogP contribution in [0, 0.1) is 17.6 Å². The molecule has 2 rings (SSSR count). The van der Waals surface area contributed by atoms with E-state index in [0.717, 1.165) is 38.0 Å². The minimum Gasteiger partial charge on any atom is -0.316 e. The third-order valence-corrected chi connectivity index (χ3v) is 3.21. The van der Waals surface area contributed by atoms with Crippen LogP contribution >= 0.6 is 0 Å². The second-order valence-electron chi connectivity index (χ2n) is 4.56. The molecule has 1 fully saturated rings. The van der Waals surface area contributed by atoms with E-state index in [1.54, 1.807) is 0 Å². The molecule has 0 aromatic heterocycles. The Labute approximate surface area is 100 Å². The maximum absolute atomic E-state index is 13.3. The molecule has 0 aliphatic carbocycles. The molecule has 0 spiro atoms. The monoisotopic (exact) mass is 240 g/mol. The van der Waals surface area contributed by atoms with E-state index in [2.05, 4.69) is 10.6 Å². The Hall–Kier alpha value is -1.00. The topological polar surface area (TPSA) is 24.1 Å². The van der Waals surface area contributed by atoms with Crippen LogP contribution in [0.5, 0.6) is 0 Å². The zero-order valence-corrected chi connectivity index (χ0v) is 9.81. The Morgan fingerprint density at radius 1 is 1.35 bits per heavy atom. The molecule has 0 radical (unpaired) electrons.